The van der Waals surface area contributed by atoms with Crippen LogP contribution in [0.15, 0.2) is 42.5 Å². The fraction of sp³-hybridized carbons (Fsp3) is 0.250. The van der Waals surface area contributed by atoms with Crippen LogP contribution in [-0.4, -0.2) is 0 Å². The second-order valence-corrected chi connectivity index (χ2v) is 5.18. The van der Waals surface area contributed by atoms with E-state index in [0.29, 0.717) is 6.42 Å². The molecule has 2 heteroatoms. The molecule has 0 saturated carbocycles. The predicted octanol–water partition coefficient (Wildman–Crippen LogP) is 4.97. The van der Waals surface area contributed by atoms with Gasteiger partial charge >= 0.3 is 0 Å². The maximum Gasteiger partial charge on any atom is 0.123 e. The maximum atomic E-state index is 12.8. The fourth-order valence-corrected chi connectivity index (χ4v) is 2.45. The van der Waals surface area contributed by atoms with Crippen LogP contribution in [0.25, 0.3) is 0 Å². The van der Waals surface area contributed by atoms with Crippen LogP contribution in [0, 0.1) is 19.7 Å². The van der Waals surface area contributed by atoms with E-state index in [1.807, 2.05) is 0 Å². The number of hydrogen-bond acceptors (Lipinski definition) is 0. The Bertz CT molecular complexity index is 531. The standard InChI is InChI=1S/C16H16ClF/c1-11-3-4-12(2)15(9-11)16(17)10-13-5-7-14(18)8-6-13/h3-9,16H,10H2,1-2H3. The average Bonchev–Trinajstić information content (AvgIpc) is 2.35. The summed E-state index contributed by atoms with van der Waals surface area (Å²) in [6.45, 7) is 4.12. The third-order valence-corrected chi connectivity index (χ3v) is 3.49. The Morgan fingerprint density at radius 2 is 1.72 bits per heavy atom. The van der Waals surface area contributed by atoms with Crippen molar-refractivity contribution in [1.29, 1.82) is 0 Å². The number of halogens is 2. The Hall–Kier alpha value is -1.34. The third kappa shape index (κ3) is 3.11. The molecule has 0 spiro atoms. The molecule has 0 radical (unpaired) electrons. The number of benzene rings is 2. The van der Waals surface area contributed by atoms with Crippen molar-refractivity contribution in [3.8, 4) is 0 Å². The van der Waals surface area contributed by atoms with Gasteiger partial charge in [0.05, 0.1) is 5.38 Å². The van der Waals surface area contributed by atoms with Crippen molar-refractivity contribution in [2.45, 2.75) is 25.6 Å². The van der Waals surface area contributed by atoms with Gasteiger partial charge in [0.2, 0.25) is 0 Å². The minimum Gasteiger partial charge on any atom is -0.207 e. The molecule has 0 heterocycles. The van der Waals surface area contributed by atoms with E-state index in [4.69, 9.17) is 11.6 Å². The second-order valence-electron chi connectivity index (χ2n) is 4.66. The Kier molecular flexibility index (Phi) is 4.03. The predicted molar refractivity (Wildman–Crippen MR) is 74.6 cm³/mol. The Morgan fingerprint density at radius 1 is 1.06 bits per heavy atom. The summed E-state index contributed by atoms with van der Waals surface area (Å²) in [6.07, 6.45) is 0.714. The van der Waals surface area contributed by atoms with Gasteiger partial charge < -0.3 is 0 Å². The molecule has 0 amide bonds. The third-order valence-electron chi connectivity index (χ3n) is 3.10. The lowest BCUT2D eigenvalue weighted by atomic mass is 9.98. The number of aryl methyl sites for hydroxylation is 2. The summed E-state index contributed by atoms with van der Waals surface area (Å²) in [5, 5.41) is -0.0737. The van der Waals surface area contributed by atoms with E-state index in [1.54, 1.807) is 12.1 Å². The minimum atomic E-state index is -0.211. The van der Waals surface area contributed by atoms with Gasteiger partial charge in [-0.3, -0.25) is 0 Å². The molecule has 2 aromatic rings. The van der Waals surface area contributed by atoms with Crippen LogP contribution in [0.2, 0.25) is 0 Å². The molecule has 0 aromatic heterocycles. The zero-order valence-corrected chi connectivity index (χ0v) is 11.3. The normalized spacial score (nSPS) is 12.4. The van der Waals surface area contributed by atoms with Crippen LogP contribution in [0.5, 0.6) is 0 Å². The van der Waals surface area contributed by atoms with Crippen molar-refractivity contribution >= 4 is 11.6 Å². The molecule has 1 atom stereocenters. The molecule has 94 valence electrons. The summed E-state index contributed by atoms with van der Waals surface area (Å²) in [5.74, 6) is -0.211. The smallest absolute Gasteiger partial charge is 0.123 e. The van der Waals surface area contributed by atoms with Crippen LogP contribution in [0.3, 0.4) is 0 Å². The first kappa shape index (κ1) is 13.1. The molecule has 2 aromatic carbocycles. The van der Waals surface area contributed by atoms with Gasteiger partial charge in [0.15, 0.2) is 0 Å². The Morgan fingerprint density at radius 3 is 2.39 bits per heavy atom. The van der Waals surface area contributed by atoms with Crippen LogP contribution in [-0.2, 0) is 6.42 Å². The van der Waals surface area contributed by atoms with Gasteiger partial charge in [0.1, 0.15) is 5.82 Å². The van der Waals surface area contributed by atoms with E-state index in [2.05, 4.69) is 32.0 Å². The molecule has 0 aliphatic carbocycles. The zero-order valence-electron chi connectivity index (χ0n) is 10.6. The second kappa shape index (κ2) is 5.53. The number of rotatable bonds is 3. The van der Waals surface area contributed by atoms with Crippen molar-refractivity contribution in [3.63, 3.8) is 0 Å². The lowest BCUT2D eigenvalue weighted by Crippen LogP contribution is -1.99. The first-order chi connectivity index (χ1) is 8.56. The highest BCUT2D eigenvalue weighted by Gasteiger charge is 2.11. The molecule has 0 aliphatic heterocycles. The van der Waals surface area contributed by atoms with E-state index in [0.717, 1.165) is 11.1 Å². The molecular weight excluding hydrogens is 247 g/mol. The molecule has 0 bridgehead atoms. The Balaban J connectivity index is 2.18. The molecular formula is C16H16ClF. The maximum absolute atomic E-state index is 12.8. The van der Waals surface area contributed by atoms with Gasteiger partial charge in [0, 0.05) is 0 Å². The summed E-state index contributed by atoms with van der Waals surface area (Å²) in [4.78, 5) is 0. The SMILES string of the molecule is Cc1ccc(C)c(C(Cl)Cc2ccc(F)cc2)c1. The number of alkyl halides is 1. The molecule has 0 nitrogen and oxygen atoms in total. The lowest BCUT2D eigenvalue weighted by molar-refractivity contribution is 0.627. The minimum absolute atomic E-state index is 0.0737. The van der Waals surface area contributed by atoms with E-state index in [9.17, 15) is 4.39 Å². The van der Waals surface area contributed by atoms with Crippen molar-refractivity contribution in [2.75, 3.05) is 0 Å². The summed E-state index contributed by atoms with van der Waals surface area (Å²) in [7, 11) is 0. The van der Waals surface area contributed by atoms with Crippen LogP contribution in [0.4, 0.5) is 4.39 Å². The first-order valence-electron chi connectivity index (χ1n) is 6.02. The van der Waals surface area contributed by atoms with Crippen molar-refractivity contribution in [1.82, 2.24) is 0 Å². The van der Waals surface area contributed by atoms with E-state index in [-0.39, 0.29) is 11.2 Å². The quantitative estimate of drug-likeness (QED) is 0.686. The van der Waals surface area contributed by atoms with Gasteiger partial charge in [-0.2, -0.15) is 0 Å². The van der Waals surface area contributed by atoms with Crippen LogP contribution >= 0.6 is 11.6 Å². The first-order valence-corrected chi connectivity index (χ1v) is 6.45. The van der Waals surface area contributed by atoms with E-state index in [1.165, 1.54) is 23.3 Å². The zero-order chi connectivity index (χ0) is 13.1. The van der Waals surface area contributed by atoms with E-state index < -0.39 is 0 Å². The van der Waals surface area contributed by atoms with Crippen molar-refractivity contribution in [3.05, 3.63) is 70.5 Å². The van der Waals surface area contributed by atoms with Crippen LogP contribution in [0.1, 0.15) is 27.6 Å². The van der Waals surface area contributed by atoms with Gasteiger partial charge in [-0.15, -0.1) is 11.6 Å². The van der Waals surface area contributed by atoms with Crippen LogP contribution < -0.4 is 0 Å². The Labute approximate surface area is 112 Å². The number of hydrogen-bond donors (Lipinski definition) is 0. The fourth-order valence-electron chi connectivity index (χ4n) is 2.03. The highest BCUT2D eigenvalue weighted by molar-refractivity contribution is 6.21. The van der Waals surface area contributed by atoms with Crippen molar-refractivity contribution in [2.24, 2.45) is 0 Å². The molecule has 0 saturated heterocycles. The molecule has 0 fully saturated rings. The van der Waals surface area contributed by atoms with Gasteiger partial charge in [-0.1, -0.05) is 35.9 Å². The molecule has 0 N–H and O–H groups in total. The van der Waals surface area contributed by atoms with Gasteiger partial charge in [0.25, 0.3) is 0 Å². The summed E-state index contributed by atoms with van der Waals surface area (Å²) in [6, 6.07) is 12.8. The largest absolute Gasteiger partial charge is 0.207 e. The topological polar surface area (TPSA) is 0 Å². The molecule has 18 heavy (non-hydrogen) atoms. The summed E-state index contributed by atoms with van der Waals surface area (Å²) < 4.78 is 12.8. The lowest BCUT2D eigenvalue weighted by Gasteiger charge is -2.13. The summed E-state index contributed by atoms with van der Waals surface area (Å²) in [5.41, 5.74) is 4.61. The van der Waals surface area contributed by atoms with Gasteiger partial charge in [-0.05, 0) is 49.1 Å². The van der Waals surface area contributed by atoms with E-state index >= 15 is 0 Å². The summed E-state index contributed by atoms with van der Waals surface area (Å²) >= 11 is 6.46. The highest BCUT2D eigenvalue weighted by Crippen LogP contribution is 2.28. The monoisotopic (exact) mass is 262 g/mol. The van der Waals surface area contributed by atoms with Gasteiger partial charge in [-0.25, -0.2) is 4.39 Å². The average molecular weight is 263 g/mol. The highest BCUT2D eigenvalue weighted by atomic mass is 35.5. The molecule has 1 unspecified atom stereocenters. The molecule has 0 aliphatic rings. The molecule has 2 rings (SSSR count). The van der Waals surface area contributed by atoms with Crippen molar-refractivity contribution < 1.29 is 4.39 Å².